The molecule has 2 bridgehead atoms. The van der Waals surface area contributed by atoms with Crippen molar-refractivity contribution in [2.75, 3.05) is 12.8 Å². The van der Waals surface area contributed by atoms with Crippen LogP contribution in [0.25, 0.3) is 0 Å². The largest absolute Gasteiger partial charge is 0.357 e. The first-order valence-electron chi connectivity index (χ1n) is 6.12. The smallest absolute Gasteiger partial charge is 0.136 e. The first kappa shape index (κ1) is 11.7. The molecule has 0 N–H and O–H groups in total. The molecule has 0 aromatic rings. The minimum atomic E-state index is 0.764. The van der Waals surface area contributed by atoms with Crippen LogP contribution in [0.5, 0.6) is 0 Å². The third-order valence-electron chi connectivity index (χ3n) is 3.92. The second kappa shape index (κ2) is 5.05. The van der Waals surface area contributed by atoms with Crippen molar-refractivity contribution >= 4 is 28.3 Å². The standard InChI is InChI=1S/C12H21NS2/c1-3-6-15-12(14)13(2)11-8-9-4-5-10(11)7-9/h9-11H,3-8H2,1-2H3. The van der Waals surface area contributed by atoms with Crippen LogP contribution in [0.15, 0.2) is 0 Å². The van der Waals surface area contributed by atoms with Crippen molar-refractivity contribution in [2.24, 2.45) is 11.8 Å². The van der Waals surface area contributed by atoms with E-state index in [4.69, 9.17) is 12.2 Å². The van der Waals surface area contributed by atoms with Gasteiger partial charge in [0.2, 0.25) is 0 Å². The fraction of sp³-hybridized carbons (Fsp3) is 0.917. The summed E-state index contributed by atoms with van der Waals surface area (Å²) in [6.07, 6.45) is 7.00. The normalized spacial score (nSPS) is 33.3. The van der Waals surface area contributed by atoms with Gasteiger partial charge in [-0.25, -0.2) is 0 Å². The third kappa shape index (κ3) is 2.50. The molecule has 3 unspecified atom stereocenters. The highest BCUT2D eigenvalue weighted by molar-refractivity contribution is 8.22. The summed E-state index contributed by atoms with van der Waals surface area (Å²) < 4.78 is 1.12. The van der Waals surface area contributed by atoms with Gasteiger partial charge in [0.05, 0.1) is 0 Å². The monoisotopic (exact) mass is 243 g/mol. The zero-order chi connectivity index (χ0) is 10.8. The van der Waals surface area contributed by atoms with Crippen LogP contribution in [0.2, 0.25) is 0 Å². The quantitative estimate of drug-likeness (QED) is 0.698. The number of hydrogen-bond acceptors (Lipinski definition) is 2. The van der Waals surface area contributed by atoms with Crippen molar-refractivity contribution < 1.29 is 0 Å². The highest BCUT2D eigenvalue weighted by Crippen LogP contribution is 2.46. The lowest BCUT2D eigenvalue weighted by molar-refractivity contribution is 0.265. The van der Waals surface area contributed by atoms with E-state index in [0.29, 0.717) is 0 Å². The maximum Gasteiger partial charge on any atom is 0.136 e. The second-order valence-electron chi connectivity index (χ2n) is 4.97. The summed E-state index contributed by atoms with van der Waals surface area (Å²) in [5.74, 6) is 3.13. The molecule has 0 spiro atoms. The molecular weight excluding hydrogens is 222 g/mol. The Morgan fingerprint density at radius 1 is 1.40 bits per heavy atom. The Kier molecular flexibility index (Phi) is 3.94. The average molecular weight is 243 g/mol. The molecule has 2 aliphatic carbocycles. The van der Waals surface area contributed by atoms with Crippen LogP contribution in [-0.4, -0.2) is 28.1 Å². The number of thioether (sulfide) groups is 1. The van der Waals surface area contributed by atoms with Crippen LogP contribution >= 0.6 is 24.0 Å². The first-order valence-corrected chi connectivity index (χ1v) is 7.51. The molecule has 2 fully saturated rings. The average Bonchev–Trinajstić information content (AvgIpc) is 2.86. The van der Waals surface area contributed by atoms with E-state index in [9.17, 15) is 0 Å². The Bertz CT molecular complexity index is 242. The van der Waals surface area contributed by atoms with Gasteiger partial charge in [0.1, 0.15) is 4.32 Å². The maximum absolute atomic E-state index is 5.48. The highest BCUT2D eigenvalue weighted by atomic mass is 32.2. The maximum atomic E-state index is 5.48. The minimum absolute atomic E-state index is 0.764. The Hall–Kier alpha value is 0.240. The van der Waals surface area contributed by atoms with E-state index < -0.39 is 0 Å². The molecule has 0 saturated heterocycles. The minimum Gasteiger partial charge on any atom is -0.357 e. The number of fused-ring (bicyclic) bond motifs is 2. The second-order valence-corrected chi connectivity index (χ2v) is 6.70. The van der Waals surface area contributed by atoms with E-state index in [1.54, 1.807) is 0 Å². The van der Waals surface area contributed by atoms with Gasteiger partial charge in [-0.3, -0.25) is 0 Å². The van der Waals surface area contributed by atoms with E-state index in [2.05, 4.69) is 18.9 Å². The number of nitrogens with zero attached hydrogens (tertiary/aromatic N) is 1. The molecule has 3 heteroatoms. The molecule has 3 atom stereocenters. The SMILES string of the molecule is CCCSC(=S)N(C)C1CC2CCC1C2. The van der Waals surface area contributed by atoms with Gasteiger partial charge < -0.3 is 4.90 Å². The zero-order valence-corrected chi connectivity index (χ0v) is 11.4. The lowest BCUT2D eigenvalue weighted by atomic mass is 9.95. The summed E-state index contributed by atoms with van der Waals surface area (Å²) in [7, 11) is 2.20. The van der Waals surface area contributed by atoms with Crippen molar-refractivity contribution in [3.63, 3.8) is 0 Å². The molecule has 0 radical (unpaired) electrons. The molecule has 1 nitrogen and oxygen atoms in total. The Labute approximate surface area is 103 Å². The summed E-state index contributed by atoms with van der Waals surface area (Å²) in [5, 5.41) is 0. The molecule has 2 rings (SSSR count). The summed E-state index contributed by atoms with van der Waals surface area (Å²) in [5.41, 5.74) is 0. The van der Waals surface area contributed by atoms with Crippen LogP contribution in [-0.2, 0) is 0 Å². The third-order valence-corrected chi connectivity index (χ3v) is 5.70. The van der Waals surface area contributed by atoms with Gasteiger partial charge in [0, 0.05) is 13.1 Å². The van der Waals surface area contributed by atoms with E-state index in [0.717, 1.165) is 22.2 Å². The van der Waals surface area contributed by atoms with E-state index in [-0.39, 0.29) is 0 Å². The fourth-order valence-corrected chi connectivity index (χ4v) is 4.22. The molecule has 0 aliphatic heterocycles. The lowest BCUT2D eigenvalue weighted by Gasteiger charge is -2.33. The van der Waals surface area contributed by atoms with Gasteiger partial charge in [-0.05, 0) is 43.3 Å². The van der Waals surface area contributed by atoms with Crippen LogP contribution in [0.1, 0.15) is 39.0 Å². The van der Waals surface area contributed by atoms with Gasteiger partial charge in [-0.1, -0.05) is 37.3 Å². The van der Waals surface area contributed by atoms with Crippen molar-refractivity contribution in [3.05, 3.63) is 0 Å². The molecule has 0 aromatic carbocycles. The number of rotatable bonds is 3. The van der Waals surface area contributed by atoms with Gasteiger partial charge in [0.15, 0.2) is 0 Å². The van der Waals surface area contributed by atoms with Crippen LogP contribution < -0.4 is 0 Å². The summed E-state index contributed by atoms with van der Waals surface area (Å²) in [6.45, 7) is 2.22. The van der Waals surface area contributed by atoms with Gasteiger partial charge >= 0.3 is 0 Å². The van der Waals surface area contributed by atoms with E-state index >= 15 is 0 Å². The van der Waals surface area contributed by atoms with Crippen LogP contribution in [0.4, 0.5) is 0 Å². The summed E-state index contributed by atoms with van der Waals surface area (Å²) in [6, 6.07) is 0.764. The molecule has 0 amide bonds. The summed E-state index contributed by atoms with van der Waals surface area (Å²) in [4.78, 5) is 2.39. The predicted octanol–water partition coefficient (Wildman–Crippen LogP) is 3.53. The topological polar surface area (TPSA) is 3.24 Å². The van der Waals surface area contributed by atoms with Gasteiger partial charge in [0.25, 0.3) is 0 Å². The molecule has 2 aliphatic rings. The molecule has 0 aromatic heterocycles. The van der Waals surface area contributed by atoms with Crippen LogP contribution in [0.3, 0.4) is 0 Å². The predicted molar refractivity (Wildman–Crippen MR) is 72.3 cm³/mol. The Morgan fingerprint density at radius 2 is 2.20 bits per heavy atom. The Morgan fingerprint density at radius 3 is 2.73 bits per heavy atom. The van der Waals surface area contributed by atoms with Crippen molar-refractivity contribution in [2.45, 2.75) is 45.1 Å². The zero-order valence-electron chi connectivity index (χ0n) is 9.74. The molecule has 0 heterocycles. The highest BCUT2D eigenvalue weighted by Gasteiger charge is 2.41. The van der Waals surface area contributed by atoms with Crippen molar-refractivity contribution in [1.29, 1.82) is 0 Å². The van der Waals surface area contributed by atoms with Crippen molar-refractivity contribution in [3.8, 4) is 0 Å². The fourth-order valence-electron chi connectivity index (χ4n) is 3.11. The van der Waals surface area contributed by atoms with Crippen molar-refractivity contribution in [1.82, 2.24) is 4.90 Å². The number of thiocarbonyl (C=S) groups is 1. The lowest BCUT2D eigenvalue weighted by Crippen LogP contribution is -2.38. The molecule has 86 valence electrons. The van der Waals surface area contributed by atoms with Crippen LogP contribution in [0, 0.1) is 11.8 Å². The van der Waals surface area contributed by atoms with Gasteiger partial charge in [-0.2, -0.15) is 0 Å². The number of hydrogen-bond donors (Lipinski definition) is 0. The molecule has 2 saturated carbocycles. The Balaban J connectivity index is 1.85. The van der Waals surface area contributed by atoms with Gasteiger partial charge in [-0.15, -0.1) is 0 Å². The first-order chi connectivity index (χ1) is 7.22. The molecule has 15 heavy (non-hydrogen) atoms. The molecular formula is C12H21NS2. The van der Waals surface area contributed by atoms with E-state index in [1.165, 1.54) is 37.9 Å². The summed E-state index contributed by atoms with van der Waals surface area (Å²) >= 11 is 7.34. The van der Waals surface area contributed by atoms with E-state index in [1.807, 2.05) is 11.8 Å².